The van der Waals surface area contributed by atoms with E-state index in [1.807, 2.05) is 0 Å². The number of fused-ring (bicyclic) bond motifs is 4. The molecule has 0 atom stereocenters. The number of hydrogen-bond donors (Lipinski definition) is 0. The summed E-state index contributed by atoms with van der Waals surface area (Å²) in [5.74, 6) is 0. The van der Waals surface area contributed by atoms with Gasteiger partial charge in [-0.2, -0.15) is 0 Å². The van der Waals surface area contributed by atoms with E-state index in [2.05, 4.69) is 291 Å². The Morgan fingerprint density at radius 2 is 0.657 bits per heavy atom. The summed E-state index contributed by atoms with van der Waals surface area (Å²) < 4.78 is 0. The Kier molecular flexibility index (Phi) is 10.9. The van der Waals surface area contributed by atoms with Crippen LogP contribution in [-0.4, -0.2) is 6.71 Å². The lowest BCUT2D eigenvalue weighted by Crippen LogP contribution is -2.61. The second kappa shape index (κ2) is 17.0. The molecule has 0 fully saturated rings. The third kappa shape index (κ3) is 7.59. The van der Waals surface area contributed by atoms with Crippen molar-refractivity contribution in [2.24, 2.45) is 0 Å². The molecule has 0 amide bonds. The van der Waals surface area contributed by atoms with Gasteiger partial charge in [-0.15, -0.1) is 0 Å². The van der Waals surface area contributed by atoms with Gasteiger partial charge in [0.2, 0.25) is 0 Å². The molecule has 0 saturated carbocycles. The zero-order valence-corrected chi connectivity index (χ0v) is 42.3. The number of nitrogens with zero attached hydrogens (tertiary/aromatic N) is 2. The zero-order valence-electron chi connectivity index (χ0n) is 42.3. The van der Waals surface area contributed by atoms with Crippen molar-refractivity contribution in [1.82, 2.24) is 0 Å². The van der Waals surface area contributed by atoms with E-state index in [0.717, 1.165) is 5.69 Å². The third-order valence-electron chi connectivity index (χ3n) is 15.1. The Balaban J connectivity index is 1.22. The van der Waals surface area contributed by atoms with E-state index < -0.39 is 5.41 Å². The van der Waals surface area contributed by atoms with E-state index in [0.29, 0.717) is 0 Å². The van der Waals surface area contributed by atoms with Gasteiger partial charge in [-0.1, -0.05) is 232 Å². The minimum Gasteiger partial charge on any atom is -0.311 e. The maximum Gasteiger partial charge on any atom is 0.252 e. The standard InChI is InChI=1S/C67H63BN2/c1-64(2,3)52-31-22-32-56(43-52)70-60-45-54(66(7,8)9)36-40-58(60)68-57-39-35-53(65(4,5)6)44-59(57)69(61-41-47(42-62(70)63(61)68)46-23-14-10-15-24-46)55-37-33-51(34-38-55)67(48-25-16-11-17-26-48,49-27-18-12-19-28-49)50-29-20-13-21-30-50/h10-45H,1-9H3. The van der Waals surface area contributed by atoms with Crippen molar-refractivity contribution in [3.8, 4) is 11.1 Å². The second-order valence-electron chi connectivity index (χ2n) is 22.6. The first-order valence-electron chi connectivity index (χ1n) is 25.1. The van der Waals surface area contributed by atoms with E-state index in [-0.39, 0.29) is 23.0 Å². The summed E-state index contributed by atoms with van der Waals surface area (Å²) in [6.45, 7) is 20.9. The largest absolute Gasteiger partial charge is 0.311 e. The normalized spacial score (nSPS) is 13.4. The first-order chi connectivity index (χ1) is 33.6. The molecule has 3 heteroatoms. The minimum absolute atomic E-state index is 0.00215. The topological polar surface area (TPSA) is 6.48 Å². The van der Waals surface area contributed by atoms with E-state index >= 15 is 0 Å². The Morgan fingerprint density at radius 1 is 0.286 bits per heavy atom. The highest BCUT2D eigenvalue weighted by Gasteiger charge is 2.45. The molecule has 0 aliphatic carbocycles. The van der Waals surface area contributed by atoms with E-state index in [1.165, 1.54) is 94.9 Å². The summed E-state index contributed by atoms with van der Waals surface area (Å²) >= 11 is 0. The van der Waals surface area contributed by atoms with Crippen LogP contribution >= 0.6 is 0 Å². The average Bonchev–Trinajstić information content (AvgIpc) is 3.37. The molecule has 0 bridgehead atoms. The molecule has 2 heterocycles. The van der Waals surface area contributed by atoms with Gasteiger partial charge in [0.25, 0.3) is 6.71 Å². The number of rotatable bonds is 7. The molecule has 0 spiro atoms. The molecule has 70 heavy (non-hydrogen) atoms. The molecular formula is C67H63BN2. The first kappa shape index (κ1) is 45.1. The maximum atomic E-state index is 2.59. The van der Waals surface area contributed by atoms with Gasteiger partial charge in [0, 0.05) is 34.1 Å². The molecule has 2 aliphatic rings. The Hall–Kier alpha value is -7.36. The molecule has 0 N–H and O–H groups in total. The molecule has 0 radical (unpaired) electrons. The lowest BCUT2D eigenvalue weighted by molar-refractivity contribution is 0.590. The number of hydrogen-bond acceptors (Lipinski definition) is 2. The van der Waals surface area contributed by atoms with Gasteiger partial charge in [-0.25, -0.2) is 0 Å². The summed E-state index contributed by atoms with van der Waals surface area (Å²) in [6.07, 6.45) is 0. The van der Waals surface area contributed by atoms with Crippen molar-refractivity contribution < 1.29 is 0 Å². The van der Waals surface area contributed by atoms with Crippen LogP contribution in [0.15, 0.2) is 218 Å². The van der Waals surface area contributed by atoms with Gasteiger partial charge in [0.15, 0.2) is 0 Å². The highest BCUT2D eigenvalue weighted by Crippen LogP contribution is 2.50. The van der Waals surface area contributed by atoms with Crippen LogP contribution in [0.5, 0.6) is 0 Å². The Bertz CT molecular complexity index is 3260. The van der Waals surface area contributed by atoms with Gasteiger partial charge < -0.3 is 9.80 Å². The lowest BCUT2D eigenvalue weighted by Gasteiger charge is -2.45. The predicted molar refractivity (Wildman–Crippen MR) is 300 cm³/mol. The van der Waals surface area contributed by atoms with Crippen molar-refractivity contribution in [2.45, 2.75) is 84.0 Å². The zero-order chi connectivity index (χ0) is 48.6. The quantitative estimate of drug-likeness (QED) is 0.116. The molecule has 2 aliphatic heterocycles. The Morgan fingerprint density at radius 3 is 1.10 bits per heavy atom. The molecule has 344 valence electrons. The van der Waals surface area contributed by atoms with Crippen LogP contribution < -0.4 is 26.2 Å². The summed E-state index contributed by atoms with van der Waals surface area (Å²) in [5.41, 5.74) is 21.7. The van der Waals surface area contributed by atoms with Crippen molar-refractivity contribution >= 4 is 57.2 Å². The Labute approximate surface area is 417 Å². The van der Waals surface area contributed by atoms with E-state index in [4.69, 9.17) is 0 Å². The minimum atomic E-state index is -0.559. The fourth-order valence-corrected chi connectivity index (χ4v) is 11.3. The van der Waals surface area contributed by atoms with E-state index in [1.54, 1.807) is 0 Å². The van der Waals surface area contributed by atoms with Gasteiger partial charge in [0.1, 0.15) is 0 Å². The summed E-state index contributed by atoms with van der Waals surface area (Å²) in [4.78, 5) is 5.18. The van der Waals surface area contributed by atoms with Gasteiger partial charge in [0.05, 0.1) is 5.41 Å². The van der Waals surface area contributed by atoms with Crippen molar-refractivity contribution in [1.29, 1.82) is 0 Å². The van der Waals surface area contributed by atoms with Gasteiger partial charge in [-0.3, -0.25) is 0 Å². The molecule has 0 unspecified atom stereocenters. The molecule has 9 aromatic carbocycles. The van der Waals surface area contributed by atoms with Crippen molar-refractivity contribution in [3.63, 3.8) is 0 Å². The second-order valence-corrected chi connectivity index (χ2v) is 22.6. The maximum absolute atomic E-state index is 2.59. The smallest absolute Gasteiger partial charge is 0.252 e. The van der Waals surface area contributed by atoms with Crippen LogP contribution in [0.1, 0.15) is 101 Å². The van der Waals surface area contributed by atoms with Crippen LogP contribution in [-0.2, 0) is 21.7 Å². The van der Waals surface area contributed by atoms with E-state index in [9.17, 15) is 0 Å². The van der Waals surface area contributed by atoms with Crippen molar-refractivity contribution in [2.75, 3.05) is 9.80 Å². The molecule has 2 nitrogen and oxygen atoms in total. The first-order valence-corrected chi connectivity index (χ1v) is 25.1. The number of benzene rings is 9. The van der Waals surface area contributed by atoms with Crippen LogP contribution in [0, 0.1) is 0 Å². The highest BCUT2D eigenvalue weighted by molar-refractivity contribution is 7.00. The average molecular weight is 907 g/mol. The molecule has 0 saturated heterocycles. The number of anilines is 6. The monoisotopic (exact) mass is 907 g/mol. The van der Waals surface area contributed by atoms with Gasteiger partial charge in [-0.05, 0) is 131 Å². The molecular weight excluding hydrogens is 844 g/mol. The van der Waals surface area contributed by atoms with Crippen LogP contribution in [0.25, 0.3) is 11.1 Å². The van der Waals surface area contributed by atoms with Crippen LogP contribution in [0.2, 0.25) is 0 Å². The summed E-state index contributed by atoms with van der Waals surface area (Å²) in [6, 6.07) is 82.5. The van der Waals surface area contributed by atoms with Crippen molar-refractivity contribution in [3.05, 3.63) is 257 Å². The fourth-order valence-electron chi connectivity index (χ4n) is 11.3. The van der Waals surface area contributed by atoms with Gasteiger partial charge >= 0.3 is 0 Å². The molecule has 9 aromatic rings. The highest BCUT2D eigenvalue weighted by atomic mass is 15.2. The SMILES string of the molecule is CC(C)(C)c1cccc(N2c3cc(C(C)(C)C)ccc3B3c4ccc(C(C)(C)C)cc4N(c4ccc(C(c5ccccc5)(c5ccccc5)c5ccccc5)cc4)c4cc(-c5ccccc5)cc2c43)c1. The molecule has 0 aromatic heterocycles. The van der Waals surface area contributed by atoms with Crippen LogP contribution in [0.4, 0.5) is 34.1 Å². The predicted octanol–water partition coefficient (Wildman–Crippen LogP) is 15.7. The lowest BCUT2D eigenvalue weighted by atomic mass is 9.33. The summed E-state index contributed by atoms with van der Waals surface area (Å²) in [5, 5.41) is 0. The molecule has 11 rings (SSSR count). The van der Waals surface area contributed by atoms with Crippen LogP contribution in [0.3, 0.4) is 0 Å². The summed E-state index contributed by atoms with van der Waals surface area (Å²) in [7, 11) is 0. The third-order valence-corrected chi connectivity index (χ3v) is 15.1. The fraction of sp³-hybridized carbons (Fsp3) is 0.194.